The van der Waals surface area contributed by atoms with E-state index >= 15 is 0 Å². The van der Waals surface area contributed by atoms with E-state index in [1.165, 1.54) is 17.7 Å². The topological polar surface area (TPSA) is 38.4 Å². The van der Waals surface area contributed by atoms with Gasteiger partial charge in [-0.3, -0.25) is 0 Å². The summed E-state index contributed by atoms with van der Waals surface area (Å²) < 4.78 is 0. The summed E-state index contributed by atoms with van der Waals surface area (Å²) in [6.07, 6.45) is 13.5. The third-order valence-electron chi connectivity index (χ3n) is 12.1. The van der Waals surface area contributed by atoms with Crippen LogP contribution < -0.4 is 0 Å². The summed E-state index contributed by atoms with van der Waals surface area (Å²) in [5.41, 5.74) is 1.57. The Balaban J connectivity index is 1.57. The van der Waals surface area contributed by atoms with Crippen LogP contribution in [-0.2, 0) is 0 Å². The molecule has 0 saturated heterocycles. The Labute approximate surface area is 134 Å². The zero-order valence-electron chi connectivity index (χ0n) is 12.8. The minimum Gasteiger partial charge on any atom is -0.600 e. The van der Waals surface area contributed by atoms with E-state index in [1.54, 1.807) is 0 Å². The summed E-state index contributed by atoms with van der Waals surface area (Å²) in [5, 5.41) is 17.9. The Bertz CT molecular complexity index is 921. The van der Waals surface area contributed by atoms with Crippen molar-refractivity contribution in [2.24, 2.45) is 74.1 Å². The first kappa shape index (κ1) is 10.0. The maximum absolute atomic E-state index is 13.0. The van der Waals surface area contributed by atoms with E-state index in [9.17, 15) is 5.21 Å². The normalized spacial score (nSPS) is 87.6. The van der Waals surface area contributed by atoms with Gasteiger partial charge in [0.2, 0.25) is 6.04 Å². The second kappa shape index (κ2) is 2.09. The molecule has 0 amide bonds. The number of nitrogens with zero attached hydrogens (tertiary/aromatic N) is 2. The predicted octanol–water partition coefficient (Wildman–Crippen LogP) is 2.59. The fourth-order valence-corrected chi connectivity index (χ4v) is 13.4. The lowest BCUT2D eigenvalue weighted by Crippen LogP contribution is -2.90. The average Bonchev–Trinajstić information content (AvgIpc) is 3.20. The smallest absolute Gasteiger partial charge is 0.204 e. The summed E-state index contributed by atoms with van der Waals surface area (Å²) in [6.45, 7) is 0. The number of hydrogen-bond acceptors (Lipinski definition) is 2. The Morgan fingerprint density at radius 2 is 1.52 bits per heavy atom. The first-order valence-corrected chi connectivity index (χ1v) is 9.84. The fraction of sp³-hybridized carbons (Fsp3) is 0.800. The van der Waals surface area contributed by atoms with Crippen molar-refractivity contribution >= 4 is 0 Å². The molecule has 2 heterocycles. The molecule has 0 unspecified atom stereocenters. The maximum atomic E-state index is 13.0. The largest absolute Gasteiger partial charge is 0.600 e. The van der Waals surface area contributed by atoms with Crippen molar-refractivity contribution in [2.75, 3.05) is 0 Å². The van der Waals surface area contributed by atoms with Crippen LogP contribution in [0.5, 0.6) is 0 Å². The third-order valence-corrected chi connectivity index (χ3v) is 12.1. The summed E-state index contributed by atoms with van der Waals surface area (Å²) in [7, 11) is 0. The zero-order valence-corrected chi connectivity index (χ0v) is 12.8. The molecule has 3 nitrogen and oxygen atoms in total. The first-order valence-electron chi connectivity index (χ1n) is 9.84. The third kappa shape index (κ3) is 0.434. The number of hydroxylamine groups is 1. The van der Waals surface area contributed by atoms with E-state index in [0.717, 1.165) is 35.5 Å². The van der Waals surface area contributed by atoms with Crippen LogP contribution in [-0.4, -0.2) is 16.9 Å². The minimum absolute atomic E-state index is 0.195. The molecule has 12 aliphatic rings. The fourth-order valence-electron chi connectivity index (χ4n) is 13.4. The van der Waals surface area contributed by atoms with Crippen molar-refractivity contribution in [3.05, 3.63) is 29.5 Å². The van der Waals surface area contributed by atoms with Crippen LogP contribution in [0.25, 0.3) is 0 Å². The molecule has 8 fully saturated rings. The van der Waals surface area contributed by atoms with Gasteiger partial charge in [-0.1, -0.05) is 29.2 Å². The molecule has 8 saturated carbocycles. The number of allylic oxidation sites excluding steroid dienone is 2. The quantitative estimate of drug-likeness (QED) is 0.385. The van der Waals surface area contributed by atoms with Crippen molar-refractivity contribution in [3.63, 3.8) is 0 Å². The average molecular weight is 302 g/mol. The highest BCUT2D eigenvalue weighted by Gasteiger charge is 3.13. The van der Waals surface area contributed by atoms with E-state index in [4.69, 9.17) is 5.11 Å². The molecule has 12 rings (SSSR count). The van der Waals surface area contributed by atoms with Gasteiger partial charge in [-0.2, -0.15) is 0 Å². The van der Waals surface area contributed by atoms with Crippen LogP contribution in [0.4, 0.5) is 0 Å². The van der Waals surface area contributed by atoms with E-state index in [-0.39, 0.29) is 6.04 Å². The van der Waals surface area contributed by atoms with E-state index < -0.39 is 0 Å². The van der Waals surface area contributed by atoms with Crippen LogP contribution in [0.15, 0.2) is 29.4 Å². The van der Waals surface area contributed by atoms with Gasteiger partial charge in [0.25, 0.3) is 0 Å². The molecular formula is C20H18N2O. The Morgan fingerprint density at radius 1 is 0.870 bits per heavy atom. The summed E-state index contributed by atoms with van der Waals surface area (Å²) in [5.74, 6) is 6.64. The molecule has 23 heavy (non-hydrogen) atoms. The monoisotopic (exact) mass is 302 g/mol. The molecule has 14 atom stereocenters. The van der Waals surface area contributed by atoms with Crippen molar-refractivity contribution in [2.45, 2.75) is 24.9 Å². The molecule has 114 valence electrons. The van der Waals surface area contributed by atoms with Gasteiger partial charge in [-0.05, 0) is 53.5 Å². The lowest BCUT2D eigenvalue weighted by atomic mass is 9.17. The van der Waals surface area contributed by atoms with Gasteiger partial charge in [0.15, 0.2) is 0 Å². The number of hydrogen-bond donors (Lipinski definition) is 0. The van der Waals surface area contributed by atoms with Gasteiger partial charge in [0, 0.05) is 22.2 Å². The standard InChI is InChI=1S/C20H18N2O/c23-22-16-8-2-4-18-10-6-12-14-11-5-9(13(10)14)17(18)3-1-7(8)15(21-22)19(11,17)20(12,16)18/h1-4,7-16H,5-6H2/t7-,8+,9-,10+,11+,12-,13+,14+,15-,16-,17-,18-,19+,20-/m1/s1. The van der Waals surface area contributed by atoms with Crippen LogP contribution in [0.1, 0.15) is 12.8 Å². The van der Waals surface area contributed by atoms with Crippen molar-refractivity contribution in [3.8, 4) is 0 Å². The maximum Gasteiger partial charge on any atom is 0.204 e. The summed E-state index contributed by atoms with van der Waals surface area (Å²) in [4.78, 5) is 1.26. The van der Waals surface area contributed by atoms with E-state index in [0.29, 0.717) is 39.5 Å². The van der Waals surface area contributed by atoms with E-state index in [2.05, 4.69) is 24.3 Å². The van der Waals surface area contributed by atoms with Gasteiger partial charge >= 0.3 is 0 Å². The lowest BCUT2D eigenvalue weighted by molar-refractivity contribution is -0.660. The Morgan fingerprint density at radius 3 is 2.35 bits per heavy atom. The number of azo groups is 1. The predicted molar refractivity (Wildman–Crippen MR) is 78.8 cm³/mol. The van der Waals surface area contributed by atoms with Crippen LogP contribution in [0, 0.1) is 74.2 Å². The lowest BCUT2D eigenvalue weighted by Gasteiger charge is -2.84. The number of rotatable bonds is 0. The molecule has 2 aliphatic heterocycles. The molecule has 3 heteroatoms. The highest BCUT2D eigenvalue weighted by atomic mass is 16.5. The molecule has 0 aromatic rings. The second-order valence-corrected chi connectivity index (χ2v) is 10.7. The second-order valence-electron chi connectivity index (χ2n) is 10.7. The van der Waals surface area contributed by atoms with Gasteiger partial charge in [0.1, 0.15) is 6.04 Å². The Kier molecular flexibility index (Phi) is 0.908. The Hall–Kier alpha value is -1.12. The van der Waals surface area contributed by atoms with Crippen LogP contribution in [0.3, 0.4) is 0 Å². The molecule has 0 N–H and O–H groups in total. The van der Waals surface area contributed by atoms with Crippen LogP contribution >= 0.6 is 0 Å². The van der Waals surface area contributed by atoms with Gasteiger partial charge in [-0.25, -0.2) is 0 Å². The highest BCUT2D eigenvalue weighted by molar-refractivity contribution is 5.64. The summed E-state index contributed by atoms with van der Waals surface area (Å²) >= 11 is 0. The molecule has 10 aliphatic carbocycles. The van der Waals surface area contributed by atoms with Crippen molar-refractivity contribution < 1.29 is 4.86 Å². The molecular weight excluding hydrogens is 284 g/mol. The first-order chi connectivity index (χ1) is 11.3. The molecule has 4 spiro atoms. The molecule has 10 bridgehead atoms. The summed E-state index contributed by atoms with van der Waals surface area (Å²) in [6, 6.07) is 0.527. The van der Waals surface area contributed by atoms with Crippen molar-refractivity contribution in [1.29, 1.82) is 0 Å². The SMILES string of the molecule is [O-][N+]1=N[C@@H]2[C@@H]3C=C[C@@]45[C@@H]6C[C@H]7[C@@H]8[C@@H]6[C@@H]6C[C@H]8[C@]8([C@H]1[C@H]3C=C[C@@]648)[C@]275. The van der Waals surface area contributed by atoms with E-state index in [1.807, 2.05) is 0 Å². The molecule has 0 aromatic heterocycles. The van der Waals surface area contributed by atoms with Gasteiger partial charge in [0.05, 0.1) is 11.3 Å². The van der Waals surface area contributed by atoms with Gasteiger partial charge < -0.3 is 5.21 Å². The minimum atomic E-state index is 0.195. The van der Waals surface area contributed by atoms with Crippen LogP contribution in [0.2, 0.25) is 0 Å². The molecule has 0 radical (unpaired) electrons. The van der Waals surface area contributed by atoms with Gasteiger partial charge in [-0.15, -0.1) is 0 Å². The molecule has 0 aromatic carbocycles. The zero-order chi connectivity index (χ0) is 14.3. The highest BCUT2D eigenvalue weighted by Crippen LogP contribution is 3.12. The van der Waals surface area contributed by atoms with Crippen molar-refractivity contribution in [1.82, 2.24) is 0 Å².